The van der Waals surface area contributed by atoms with Gasteiger partial charge in [-0.15, -0.1) is 0 Å². The summed E-state index contributed by atoms with van der Waals surface area (Å²) in [6.07, 6.45) is 6.25. The van der Waals surface area contributed by atoms with Crippen molar-refractivity contribution in [2.75, 3.05) is 0 Å². The Morgan fingerprint density at radius 3 is 2.42 bits per heavy atom. The van der Waals surface area contributed by atoms with Crippen LogP contribution in [0.3, 0.4) is 0 Å². The Bertz CT molecular complexity index is 301. The quantitative estimate of drug-likeness (QED) is 0.616. The number of nitrogens with zero attached hydrogens (tertiary/aromatic N) is 2. The molecule has 12 heavy (non-hydrogen) atoms. The van der Waals surface area contributed by atoms with E-state index in [0.717, 1.165) is 25.0 Å². The first kappa shape index (κ1) is 7.40. The van der Waals surface area contributed by atoms with E-state index in [9.17, 15) is 4.79 Å². The molecule has 0 unspecified atom stereocenters. The summed E-state index contributed by atoms with van der Waals surface area (Å²) in [6, 6.07) is 0. The zero-order chi connectivity index (χ0) is 8.60. The van der Waals surface area contributed by atoms with Crippen LogP contribution < -0.4 is 0 Å². The predicted octanol–water partition coefficient (Wildman–Crippen LogP) is 1.34. The molecule has 2 rings (SSSR count). The second-order valence-corrected chi connectivity index (χ2v) is 3.52. The van der Waals surface area contributed by atoms with Crippen molar-refractivity contribution in [3.8, 4) is 0 Å². The Labute approximate surface area is 70.9 Å². The lowest BCUT2D eigenvalue weighted by molar-refractivity contribution is 0.112. The number of rotatable bonds is 2. The highest BCUT2D eigenvalue weighted by atomic mass is 16.1. The second kappa shape index (κ2) is 2.37. The van der Waals surface area contributed by atoms with E-state index < -0.39 is 0 Å². The normalized spacial score (nSPS) is 18.8. The molecule has 0 N–H and O–H groups in total. The third-order valence-corrected chi connectivity index (χ3v) is 2.35. The second-order valence-electron chi connectivity index (χ2n) is 3.52. The van der Waals surface area contributed by atoms with Crippen LogP contribution in [-0.2, 0) is 5.41 Å². The molecule has 0 spiro atoms. The first-order valence-electron chi connectivity index (χ1n) is 4.02. The largest absolute Gasteiger partial charge is 0.298 e. The average molecular weight is 162 g/mol. The maximum Gasteiger partial charge on any atom is 0.153 e. The standard InChI is InChI=1S/C9H10N2O/c1-9(2-3-9)8-10-4-7(6-12)5-11-8/h4-6H,2-3H2,1H3. The van der Waals surface area contributed by atoms with E-state index in [2.05, 4.69) is 16.9 Å². The lowest BCUT2D eigenvalue weighted by Crippen LogP contribution is -2.06. The zero-order valence-corrected chi connectivity index (χ0v) is 6.95. The molecule has 3 nitrogen and oxygen atoms in total. The van der Waals surface area contributed by atoms with Crippen molar-refractivity contribution in [2.45, 2.75) is 25.2 Å². The lowest BCUT2D eigenvalue weighted by atomic mass is 10.1. The van der Waals surface area contributed by atoms with Gasteiger partial charge in [0.2, 0.25) is 0 Å². The monoisotopic (exact) mass is 162 g/mol. The summed E-state index contributed by atoms with van der Waals surface area (Å²) in [5.41, 5.74) is 0.740. The van der Waals surface area contributed by atoms with Crippen molar-refractivity contribution in [1.29, 1.82) is 0 Å². The smallest absolute Gasteiger partial charge is 0.153 e. The minimum Gasteiger partial charge on any atom is -0.298 e. The molecule has 1 aliphatic rings. The average Bonchev–Trinajstić information content (AvgIpc) is 2.85. The van der Waals surface area contributed by atoms with Gasteiger partial charge >= 0.3 is 0 Å². The van der Waals surface area contributed by atoms with Crippen LogP contribution in [0.2, 0.25) is 0 Å². The highest BCUT2D eigenvalue weighted by Gasteiger charge is 2.41. The third-order valence-electron chi connectivity index (χ3n) is 2.35. The molecule has 0 saturated heterocycles. The molecule has 0 amide bonds. The van der Waals surface area contributed by atoms with E-state index in [0.29, 0.717) is 5.56 Å². The van der Waals surface area contributed by atoms with Gasteiger partial charge in [-0.1, -0.05) is 6.92 Å². The van der Waals surface area contributed by atoms with Crippen LogP contribution in [0.15, 0.2) is 12.4 Å². The van der Waals surface area contributed by atoms with Crippen LogP contribution in [0.4, 0.5) is 0 Å². The molecule has 1 aliphatic carbocycles. The molecule has 0 aromatic carbocycles. The van der Waals surface area contributed by atoms with Crippen molar-refractivity contribution in [3.05, 3.63) is 23.8 Å². The van der Waals surface area contributed by atoms with Gasteiger partial charge in [-0.3, -0.25) is 4.79 Å². The molecule has 0 radical (unpaired) electrons. The minimum atomic E-state index is 0.196. The maximum absolute atomic E-state index is 10.3. The summed E-state index contributed by atoms with van der Waals surface area (Å²) in [5.74, 6) is 0.869. The predicted molar refractivity (Wildman–Crippen MR) is 44.0 cm³/mol. The highest BCUT2D eigenvalue weighted by molar-refractivity contribution is 5.73. The number of aromatic nitrogens is 2. The van der Waals surface area contributed by atoms with Gasteiger partial charge in [0, 0.05) is 17.8 Å². The van der Waals surface area contributed by atoms with E-state index in [1.807, 2.05) is 0 Å². The van der Waals surface area contributed by atoms with Crippen LogP contribution in [0.1, 0.15) is 35.9 Å². The molecule has 1 saturated carbocycles. The van der Waals surface area contributed by atoms with Crippen molar-refractivity contribution in [2.24, 2.45) is 0 Å². The first-order valence-corrected chi connectivity index (χ1v) is 4.02. The number of aldehydes is 1. The Morgan fingerprint density at radius 2 is 2.00 bits per heavy atom. The van der Waals surface area contributed by atoms with Gasteiger partial charge in [0.1, 0.15) is 5.82 Å². The topological polar surface area (TPSA) is 42.9 Å². The fourth-order valence-corrected chi connectivity index (χ4v) is 1.12. The van der Waals surface area contributed by atoms with Crippen molar-refractivity contribution < 1.29 is 4.79 Å². The van der Waals surface area contributed by atoms with Gasteiger partial charge in [-0.05, 0) is 12.8 Å². The molecular weight excluding hydrogens is 152 g/mol. The zero-order valence-electron chi connectivity index (χ0n) is 6.95. The molecule has 3 heteroatoms. The van der Waals surface area contributed by atoms with E-state index >= 15 is 0 Å². The molecule has 0 aliphatic heterocycles. The lowest BCUT2D eigenvalue weighted by Gasteiger charge is -2.04. The summed E-state index contributed by atoms with van der Waals surface area (Å²) >= 11 is 0. The minimum absolute atomic E-state index is 0.196. The summed E-state index contributed by atoms with van der Waals surface area (Å²) < 4.78 is 0. The van der Waals surface area contributed by atoms with E-state index in [1.165, 1.54) is 0 Å². The van der Waals surface area contributed by atoms with Crippen LogP contribution in [0.25, 0.3) is 0 Å². The summed E-state index contributed by atoms with van der Waals surface area (Å²) in [4.78, 5) is 18.6. The maximum atomic E-state index is 10.3. The van der Waals surface area contributed by atoms with Gasteiger partial charge in [0.15, 0.2) is 6.29 Å². The third kappa shape index (κ3) is 1.11. The van der Waals surface area contributed by atoms with Gasteiger partial charge in [-0.2, -0.15) is 0 Å². The molecular formula is C9H10N2O. The van der Waals surface area contributed by atoms with E-state index in [1.54, 1.807) is 12.4 Å². The van der Waals surface area contributed by atoms with Gasteiger partial charge in [0.25, 0.3) is 0 Å². The summed E-state index contributed by atoms with van der Waals surface area (Å²) in [6.45, 7) is 2.14. The van der Waals surface area contributed by atoms with Crippen LogP contribution in [0, 0.1) is 0 Å². The molecule has 1 fully saturated rings. The molecule has 0 bridgehead atoms. The van der Waals surface area contributed by atoms with Gasteiger partial charge < -0.3 is 0 Å². The fourth-order valence-electron chi connectivity index (χ4n) is 1.12. The molecule has 62 valence electrons. The van der Waals surface area contributed by atoms with Gasteiger partial charge in [0.05, 0.1) is 5.56 Å². The number of carbonyl (C=O) groups excluding carboxylic acids is 1. The van der Waals surface area contributed by atoms with Crippen LogP contribution >= 0.6 is 0 Å². The van der Waals surface area contributed by atoms with Crippen molar-refractivity contribution in [1.82, 2.24) is 9.97 Å². The highest BCUT2D eigenvalue weighted by Crippen LogP contribution is 2.45. The molecule has 0 atom stereocenters. The number of hydrogen-bond donors (Lipinski definition) is 0. The first-order chi connectivity index (χ1) is 5.74. The SMILES string of the molecule is CC1(c2ncc(C=O)cn2)CC1. The Morgan fingerprint density at radius 1 is 1.42 bits per heavy atom. The molecule has 1 aromatic heterocycles. The van der Waals surface area contributed by atoms with Crippen molar-refractivity contribution >= 4 is 6.29 Å². The fraction of sp³-hybridized carbons (Fsp3) is 0.444. The van der Waals surface area contributed by atoms with E-state index in [4.69, 9.17) is 0 Å². The Hall–Kier alpha value is -1.25. The molecule has 1 heterocycles. The van der Waals surface area contributed by atoms with Crippen LogP contribution in [0.5, 0.6) is 0 Å². The number of hydrogen-bond acceptors (Lipinski definition) is 3. The Balaban J connectivity index is 2.30. The van der Waals surface area contributed by atoms with E-state index in [-0.39, 0.29) is 5.41 Å². The van der Waals surface area contributed by atoms with Crippen LogP contribution in [-0.4, -0.2) is 16.3 Å². The summed E-state index contributed by atoms with van der Waals surface area (Å²) in [7, 11) is 0. The molecule has 1 aromatic rings. The summed E-state index contributed by atoms with van der Waals surface area (Å²) in [5, 5.41) is 0. The number of carbonyl (C=O) groups is 1. The van der Waals surface area contributed by atoms with Gasteiger partial charge in [-0.25, -0.2) is 9.97 Å². The Kier molecular flexibility index (Phi) is 1.46. The van der Waals surface area contributed by atoms with Crippen molar-refractivity contribution in [3.63, 3.8) is 0 Å².